The van der Waals surface area contributed by atoms with Gasteiger partial charge in [0.05, 0.1) is 38.6 Å². The summed E-state index contributed by atoms with van der Waals surface area (Å²) < 4.78 is 24.3. The van der Waals surface area contributed by atoms with Gasteiger partial charge in [-0.1, -0.05) is 20.8 Å². The van der Waals surface area contributed by atoms with Crippen LogP contribution in [0.5, 0.6) is 5.75 Å². The second kappa shape index (κ2) is 7.52. The molecule has 3 rings (SSSR count). The quantitative estimate of drug-likeness (QED) is 0.643. The lowest BCUT2D eigenvalue weighted by Gasteiger charge is -2.12. The Bertz CT molecular complexity index is 1110. The van der Waals surface area contributed by atoms with Crippen molar-refractivity contribution in [1.82, 2.24) is 0 Å². The summed E-state index contributed by atoms with van der Waals surface area (Å²) in [5, 5.41) is 9.39. The van der Waals surface area contributed by atoms with E-state index in [0.29, 0.717) is 17.3 Å². The molecule has 1 atom stereocenters. The van der Waals surface area contributed by atoms with E-state index in [9.17, 15) is 18.9 Å². The Morgan fingerprint density at radius 2 is 1.96 bits per heavy atom. The number of carbonyl (C=O) groups is 1. The maximum atomic E-state index is 13.0. The van der Waals surface area contributed by atoms with Crippen molar-refractivity contribution in [1.29, 1.82) is 0 Å². The molecule has 0 saturated carbocycles. The average Bonchev–Trinajstić information content (AvgIpc) is 2.65. The fourth-order valence-corrected chi connectivity index (χ4v) is 3.82. The van der Waals surface area contributed by atoms with Crippen LogP contribution in [0.4, 0.5) is 0 Å². The Balaban J connectivity index is 2.37. The maximum Gasteiger partial charge on any atom is 0.335 e. The molecule has 0 saturated heterocycles. The van der Waals surface area contributed by atoms with E-state index in [1.54, 1.807) is 12.1 Å². The summed E-state index contributed by atoms with van der Waals surface area (Å²) in [5.41, 5.74) is 0.116. The highest BCUT2D eigenvalue weighted by Gasteiger charge is 2.20. The molecule has 1 heterocycles. The van der Waals surface area contributed by atoms with Crippen molar-refractivity contribution in [2.75, 3.05) is 6.61 Å². The molecule has 1 N–H and O–H groups in total. The minimum Gasteiger partial charge on any atom is -0.494 e. The number of fused-ring (bicyclic) bond motifs is 2. The lowest BCUT2D eigenvalue weighted by molar-refractivity contribution is 0.0697. The van der Waals surface area contributed by atoms with Crippen molar-refractivity contribution >= 4 is 38.7 Å². The van der Waals surface area contributed by atoms with Crippen molar-refractivity contribution in [3.8, 4) is 5.75 Å². The first-order valence-corrected chi connectivity index (χ1v) is 9.86. The van der Waals surface area contributed by atoms with Crippen LogP contribution < -0.4 is 10.2 Å². The number of aromatic carboxylic acids is 1. The average molecular weight is 388 g/mol. The number of benzene rings is 2. The van der Waals surface area contributed by atoms with Crippen LogP contribution in [0.25, 0.3) is 21.9 Å². The van der Waals surface area contributed by atoms with Gasteiger partial charge in [-0.15, -0.1) is 0 Å². The third-order valence-corrected chi connectivity index (χ3v) is 5.67. The Hall–Kier alpha value is -2.67. The molecule has 1 aromatic heterocycles. The Labute approximate surface area is 158 Å². The van der Waals surface area contributed by atoms with Crippen LogP contribution >= 0.6 is 0 Å². The summed E-state index contributed by atoms with van der Waals surface area (Å²) in [7, 11) is -1.40. The van der Waals surface area contributed by atoms with Gasteiger partial charge < -0.3 is 14.3 Å². The molecule has 3 aromatic rings. The standard InChI is InChI=1S/C20H20O6S/c1-4-7-25-13-9-15-18(21)14-8-12(20(22)23)5-6-16(14)26-19(15)17(10-13)27(24)11(2)3/h5-6,8-11H,4,7H2,1-3H3,(H,22,23). The van der Waals surface area contributed by atoms with Gasteiger partial charge in [-0.3, -0.25) is 9.00 Å². The van der Waals surface area contributed by atoms with E-state index in [1.807, 2.05) is 20.8 Å². The number of hydrogen-bond acceptors (Lipinski definition) is 5. The summed E-state index contributed by atoms with van der Waals surface area (Å²) in [6, 6.07) is 7.32. The summed E-state index contributed by atoms with van der Waals surface area (Å²) >= 11 is 0. The lowest BCUT2D eigenvalue weighted by Crippen LogP contribution is -2.10. The van der Waals surface area contributed by atoms with E-state index in [0.717, 1.165) is 6.42 Å². The SMILES string of the molecule is CCCOc1cc(S(=O)C(C)C)c2oc3ccc(C(=O)O)cc3c(=O)c2c1. The predicted molar refractivity (Wildman–Crippen MR) is 104 cm³/mol. The summed E-state index contributed by atoms with van der Waals surface area (Å²) in [6.45, 7) is 6.06. The normalized spacial score (nSPS) is 12.6. The zero-order chi connectivity index (χ0) is 19.7. The van der Waals surface area contributed by atoms with Gasteiger partial charge in [0.2, 0.25) is 5.43 Å². The van der Waals surface area contributed by atoms with Crippen LogP contribution in [-0.2, 0) is 10.8 Å². The number of carboxylic acid groups (broad SMARTS) is 1. The van der Waals surface area contributed by atoms with Gasteiger partial charge in [0.15, 0.2) is 5.58 Å². The molecule has 0 aliphatic heterocycles. The van der Waals surface area contributed by atoms with Crippen molar-refractivity contribution < 1.29 is 23.3 Å². The van der Waals surface area contributed by atoms with Gasteiger partial charge in [0.1, 0.15) is 11.3 Å². The third-order valence-electron chi connectivity index (χ3n) is 4.07. The van der Waals surface area contributed by atoms with Crippen LogP contribution in [0.15, 0.2) is 44.4 Å². The topological polar surface area (TPSA) is 93.8 Å². The van der Waals surface area contributed by atoms with Crippen molar-refractivity contribution in [3.05, 3.63) is 46.1 Å². The molecule has 6 nitrogen and oxygen atoms in total. The fourth-order valence-electron chi connectivity index (χ4n) is 2.74. The molecule has 0 aliphatic carbocycles. The van der Waals surface area contributed by atoms with E-state index in [1.165, 1.54) is 18.2 Å². The molecule has 0 amide bonds. The molecule has 2 aromatic carbocycles. The van der Waals surface area contributed by atoms with Gasteiger partial charge in [-0.25, -0.2) is 4.79 Å². The number of carboxylic acids is 1. The highest BCUT2D eigenvalue weighted by atomic mass is 32.2. The van der Waals surface area contributed by atoms with Crippen molar-refractivity contribution in [2.45, 2.75) is 37.3 Å². The molecule has 0 aliphatic rings. The predicted octanol–water partition coefficient (Wildman–Crippen LogP) is 3.95. The van der Waals surface area contributed by atoms with E-state index in [2.05, 4.69) is 0 Å². The first kappa shape index (κ1) is 19.1. The summed E-state index contributed by atoms with van der Waals surface area (Å²) in [5.74, 6) is -0.688. The van der Waals surface area contributed by atoms with Crippen molar-refractivity contribution in [2.24, 2.45) is 0 Å². The van der Waals surface area contributed by atoms with Gasteiger partial charge >= 0.3 is 5.97 Å². The summed E-state index contributed by atoms with van der Waals surface area (Å²) in [4.78, 5) is 24.6. The van der Waals surface area contributed by atoms with E-state index in [4.69, 9.17) is 9.15 Å². The Kier molecular flexibility index (Phi) is 5.32. The minimum absolute atomic E-state index is 0.00137. The van der Waals surface area contributed by atoms with Gasteiger partial charge in [0.25, 0.3) is 0 Å². The molecule has 0 radical (unpaired) electrons. The Morgan fingerprint density at radius 3 is 2.59 bits per heavy atom. The van der Waals surface area contributed by atoms with Gasteiger partial charge in [0, 0.05) is 11.3 Å². The van der Waals surface area contributed by atoms with Crippen LogP contribution in [0, 0.1) is 0 Å². The minimum atomic E-state index is -1.40. The highest BCUT2D eigenvalue weighted by Crippen LogP contribution is 2.30. The van der Waals surface area contributed by atoms with E-state index >= 15 is 0 Å². The zero-order valence-electron chi connectivity index (χ0n) is 15.3. The smallest absolute Gasteiger partial charge is 0.335 e. The monoisotopic (exact) mass is 388 g/mol. The largest absolute Gasteiger partial charge is 0.494 e. The van der Waals surface area contributed by atoms with Crippen molar-refractivity contribution in [3.63, 3.8) is 0 Å². The van der Waals surface area contributed by atoms with Crippen LogP contribution in [-0.4, -0.2) is 27.1 Å². The zero-order valence-corrected chi connectivity index (χ0v) is 16.1. The molecular weight excluding hydrogens is 368 g/mol. The van der Waals surface area contributed by atoms with Crippen LogP contribution in [0.3, 0.4) is 0 Å². The molecule has 142 valence electrons. The summed E-state index contributed by atoms with van der Waals surface area (Å²) in [6.07, 6.45) is 0.787. The fraction of sp³-hybridized carbons (Fsp3) is 0.300. The first-order chi connectivity index (χ1) is 12.8. The number of rotatable bonds is 6. The third kappa shape index (κ3) is 3.60. The van der Waals surface area contributed by atoms with Crippen LogP contribution in [0.1, 0.15) is 37.6 Å². The van der Waals surface area contributed by atoms with Gasteiger partial charge in [-0.05, 0) is 30.7 Å². The first-order valence-electron chi connectivity index (χ1n) is 8.64. The van der Waals surface area contributed by atoms with Crippen LogP contribution in [0.2, 0.25) is 0 Å². The number of hydrogen-bond donors (Lipinski definition) is 1. The molecule has 0 fully saturated rings. The molecule has 1 unspecified atom stereocenters. The molecule has 27 heavy (non-hydrogen) atoms. The highest BCUT2D eigenvalue weighted by molar-refractivity contribution is 7.85. The van der Waals surface area contributed by atoms with E-state index in [-0.39, 0.29) is 38.2 Å². The Morgan fingerprint density at radius 1 is 1.22 bits per heavy atom. The molecular formula is C20H20O6S. The van der Waals surface area contributed by atoms with Gasteiger partial charge in [-0.2, -0.15) is 0 Å². The molecule has 7 heteroatoms. The molecule has 0 spiro atoms. The second-order valence-electron chi connectivity index (χ2n) is 6.44. The molecule has 0 bridgehead atoms. The number of ether oxygens (including phenoxy) is 1. The lowest BCUT2D eigenvalue weighted by atomic mass is 10.1. The second-order valence-corrected chi connectivity index (χ2v) is 8.42. The van der Waals surface area contributed by atoms with E-state index < -0.39 is 16.8 Å². The maximum absolute atomic E-state index is 13.0.